The summed E-state index contributed by atoms with van der Waals surface area (Å²) >= 11 is 6.21. The van der Waals surface area contributed by atoms with Gasteiger partial charge in [0, 0.05) is 50.4 Å². The third kappa shape index (κ3) is 5.36. The number of halogens is 1. The highest BCUT2D eigenvalue weighted by Gasteiger charge is 2.25. The quantitative estimate of drug-likeness (QED) is 0.699. The van der Waals surface area contributed by atoms with E-state index in [2.05, 4.69) is 15.3 Å². The topological polar surface area (TPSA) is 76.5 Å². The predicted molar refractivity (Wildman–Crippen MR) is 114 cm³/mol. The monoisotopic (exact) mass is 418 g/mol. The van der Waals surface area contributed by atoms with Crippen LogP contribution in [0.1, 0.15) is 24.8 Å². The maximum atomic E-state index is 12.3. The molecule has 0 bridgehead atoms. The maximum absolute atomic E-state index is 12.3. The summed E-state index contributed by atoms with van der Waals surface area (Å²) in [7, 11) is 1.65. The zero-order chi connectivity index (χ0) is 20.8. The van der Waals surface area contributed by atoms with Crippen LogP contribution in [-0.4, -0.2) is 49.0 Å². The summed E-state index contributed by atoms with van der Waals surface area (Å²) in [5.41, 5.74) is 1.37. The fraction of sp³-hybridized carbons (Fsp3) is 0.476. The first kappa shape index (κ1) is 21.3. The molecule has 1 N–H and O–H groups in total. The first-order valence-corrected chi connectivity index (χ1v) is 10.3. The average Bonchev–Trinajstić information content (AvgIpc) is 2.73. The molecular weight excluding hydrogens is 392 g/mol. The lowest BCUT2D eigenvalue weighted by Gasteiger charge is -2.32. The SMILES string of the molecule is COCCCNC(=O)C1CCN(c2ccc(=O)n(-c3ccc(C)c(Cl)c3)n2)CC1. The smallest absolute Gasteiger partial charge is 0.271 e. The molecule has 1 amide bonds. The van der Waals surface area contributed by atoms with Gasteiger partial charge in [-0.3, -0.25) is 9.59 Å². The van der Waals surface area contributed by atoms with Gasteiger partial charge in [0.25, 0.3) is 5.56 Å². The fourth-order valence-corrected chi connectivity index (χ4v) is 3.59. The number of carbonyl (C=O) groups is 1. The maximum Gasteiger partial charge on any atom is 0.271 e. The van der Waals surface area contributed by atoms with E-state index in [1.54, 1.807) is 19.2 Å². The molecular formula is C21H27ClN4O3. The Balaban J connectivity index is 1.64. The van der Waals surface area contributed by atoms with Crippen molar-refractivity contribution in [1.29, 1.82) is 0 Å². The molecule has 1 fully saturated rings. The third-order valence-corrected chi connectivity index (χ3v) is 5.61. The zero-order valence-corrected chi connectivity index (χ0v) is 17.6. The highest BCUT2D eigenvalue weighted by molar-refractivity contribution is 6.31. The number of aryl methyl sites for hydroxylation is 1. The Labute approximate surface area is 175 Å². The summed E-state index contributed by atoms with van der Waals surface area (Å²) in [6.45, 7) is 4.63. The summed E-state index contributed by atoms with van der Waals surface area (Å²) in [4.78, 5) is 26.7. The van der Waals surface area contributed by atoms with Crippen LogP contribution in [0.4, 0.5) is 5.82 Å². The van der Waals surface area contributed by atoms with Gasteiger partial charge >= 0.3 is 0 Å². The number of nitrogens with one attached hydrogen (secondary N) is 1. The van der Waals surface area contributed by atoms with Crippen molar-refractivity contribution in [3.05, 3.63) is 51.3 Å². The van der Waals surface area contributed by atoms with E-state index in [0.717, 1.165) is 43.7 Å². The van der Waals surface area contributed by atoms with Crippen LogP contribution in [0.2, 0.25) is 5.02 Å². The van der Waals surface area contributed by atoms with Crippen LogP contribution in [-0.2, 0) is 9.53 Å². The van der Waals surface area contributed by atoms with Crippen molar-refractivity contribution in [3.8, 4) is 5.69 Å². The Hall–Kier alpha value is -2.38. The van der Waals surface area contributed by atoms with Crippen LogP contribution < -0.4 is 15.8 Å². The number of anilines is 1. The van der Waals surface area contributed by atoms with Crippen molar-refractivity contribution in [1.82, 2.24) is 15.1 Å². The number of carbonyl (C=O) groups excluding carboxylic acids is 1. The molecule has 1 aliphatic heterocycles. The number of rotatable bonds is 7. The van der Waals surface area contributed by atoms with Crippen molar-refractivity contribution in [2.75, 3.05) is 38.3 Å². The molecule has 29 heavy (non-hydrogen) atoms. The van der Waals surface area contributed by atoms with E-state index >= 15 is 0 Å². The van der Waals surface area contributed by atoms with Gasteiger partial charge in [-0.05, 0) is 49.9 Å². The van der Waals surface area contributed by atoms with E-state index in [-0.39, 0.29) is 17.4 Å². The molecule has 2 heterocycles. The summed E-state index contributed by atoms with van der Waals surface area (Å²) in [5.74, 6) is 0.837. The van der Waals surface area contributed by atoms with Crippen LogP contribution >= 0.6 is 11.6 Å². The second-order valence-electron chi connectivity index (χ2n) is 7.27. The van der Waals surface area contributed by atoms with Gasteiger partial charge in [0.2, 0.25) is 5.91 Å². The molecule has 8 heteroatoms. The minimum Gasteiger partial charge on any atom is -0.385 e. The number of methoxy groups -OCH3 is 1. The molecule has 1 saturated heterocycles. The molecule has 2 aromatic rings. The number of hydrogen-bond donors (Lipinski definition) is 1. The normalized spacial score (nSPS) is 14.8. The first-order valence-electron chi connectivity index (χ1n) is 9.88. The molecule has 0 saturated carbocycles. The van der Waals surface area contributed by atoms with Gasteiger partial charge in [0.1, 0.15) is 5.82 Å². The lowest BCUT2D eigenvalue weighted by Crippen LogP contribution is -2.41. The molecule has 0 aliphatic carbocycles. The molecule has 0 spiro atoms. The Morgan fingerprint density at radius 3 is 2.72 bits per heavy atom. The van der Waals surface area contributed by atoms with Crippen LogP contribution in [0.3, 0.4) is 0 Å². The molecule has 1 aliphatic rings. The number of hydrogen-bond acceptors (Lipinski definition) is 5. The van der Waals surface area contributed by atoms with E-state index in [1.165, 1.54) is 10.7 Å². The molecule has 1 aromatic carbocycles. The van der Waals surface area contributed by atoms with Gasteiger partial charge in [-0.25, -0.2) is 0 Å². The standard InChI is InChI=1S/C21H27ClN4O3/c1-15-4-5-17(14-18(15)22)26-20(27)7-6-19(24-26)25-11-8-16(9-12-25)21(28)23-10-3-13-29-2/h4-7,14,16H,3,8-13H2,1-2H3,(H,23,28). The van der Waals surface area contributed by atoms with Gasteiger partial charge in [0.15, 0.2) is 0 Å². The minimum absolute atomic E-state index is 0.00982. The minimum atomic E-state index is -0.209. The third-order valence-electron chi connectivity index (χ3n) is 5.20. The Morgan fingerprint density at radius 2 is 2.03 bits per heavy atom. The number of piperidine rings is 1. The van der Waals surface area contributed by atoms with Gasteiger partial charge in [-0.15, -0.1) is 5.10 Å². The van der Waals surface area contributed by atoms with Gasteiger partial charge in [-0.1, -0.05) is 17.7 Å². The lowest BCUT2D eigenvalue weighted by atomic mass is 9.96. The summed E-state index contributed by atoms with van der Waals surface area (Å²) in [6, 6.07) is 8.70. The fourth-order valence-electron chi connectivity index (χ4n) is 3.41. The summed E-state index contributed by atoms with van der Waals surface area (Å²) in [6.07, 6.45) is 2.33. The first-order chi connectivity index (χ1) is 14.0. The van der Waals surface area contributed by atoms with Crippen LogP contribution in [0, 0.1) is 12.8 Å². The second kappa shape index (κ2) is 9.89. The second-order valence-corrected chi connectivity index (χ2v) is 7.68. The number of benzene rings is 1. The van der Waals surface area contributed by atoms with Crippen molar-refractivity contribution >= 4 is 23.3 Å². The van der Waals surface area contributed by atoms with E-state index in [0.29, 0.717) is 23.9 Å². The number of nitrogens with zero attached hydrogens (tertiary/aromatic N) is 3. The Morgan fingerprint density at radius 1 is 1.28 bits per heavy atom. The molecule has 0 radical (unpaired) electrons. The van der Waals surface area contributed by atoms with E-state index < -0.39 is 0 Å². The highest BCUT2D eigenvalue weighted by Crippen LogP contribution is 2.22. The summed E-state index contributed by atoms with van der Waals surface area (Å²) in [5, 5.41) is 8.11. The van der Waals surface area contributed by atoms with Gasteiger partial charge in [-0.2, -0.15) is 4.68 Å². The lowest BCUT2D eigenvalue weighted by molar-refractivity contribution is -0.125. The largest absolute Gasteiger partial charge is 0.385 e. The van der Waals surface area contributed by atoms with Crippen molar-refractivity contribution in [2.24, 2.45) is 5.92 Å². The molecule has 0 atom stereocenters. The van der Waals surface area contributed by atoms with Crippen LogP contribution in [0.15, 0.2) is 35.1 Å². The zero-order valence-electron chi connectivity index (χ0n) is 16.9. The number of amides is 1. The highest BCUT2D eigenvalue weighted by atomic mass is 35.5. The predicted octanol–water partition coefficient (Wildman–Crippen LogP) is 2.56. The van der Waals surface area contributed by atoms with E-state index in [1.807, 2.05) is 19.1 Å². The van der Waals surface area contributed by atoms with Crippen molar-refractivity contribution in [2.45, 2.75) is 26.2 Å². The molecule has 7 nitrogen and oxygen atoms in total. The van der Waals surface area contributed by atoms with Gasteiger partial charge < -0.3 is 15.0 Å². The van der Waals surface area contributed by atoms with Crippen LogP contribution in [0.25, 0.3) is 5.69 Å². The molecule has 1 aromatic heterocycles. The number of ether oxygens (including phenoxy) is 1. The number of aromatic nitrogens is 2. The van der Waals surface area contributed by atoms with Crippen molar-refractivity contribution < 1.29 is 9.53 Å². The molecule has 3 rings (SSSR count). The van der Waals surface area contributed by atoms with Crippen LogP contribution in [0.5, 0.6) is 0 Å². The summed E-state index contributed by atoms with van der Waals surface area (Å²) < 4.78 is 6.37. The molecule has 156 valence electrons. The Bertz CT molecular complexity index is 907. The Kier molecular flexibility index (Phi) is 7.28. The van der Waals surface area contributed by atoms with Gasteiger partial charge in [0.05, 0.1) is 5.69 Å². The van der Waals surface area contributed by atoms with E-state index in [4.69, 9.17) is 16.3 Å². The van der Waals surface area contributed by atoms with E-state index in [9.17, 15) is 9.59 Å². The average molecular weight is 419 g/mol. The van der Waals surface area contributed by atoms with Crippen molar-refractivity contribution in [3.63, 3.8) is 0 Å². The molecule has 0 unspecified atom stereocenters.